The fourth-order valence-corrected chi connectivity index (χ4v) is 3.97. The summed E-state index contributed by atoms with van der Waals surface area (Å²) in [7, 11) is 0. The van der Waals surface area contributed by atoms with Gasteiger partial charge in [-0.25, -0.2) is 9.78 Å². The summed E-state index contributed by atoms with van der Waals surface area (Å²) in [6.07, 6.45) is -3.50. The molecule has 7 nitrogen and oxygen atoms in total. The average Bonchev–Trinajstić information content (AvgIpc) is 3.11. The first kappa shape index (κ1) is 21.9. The molecule has 0 radical (unpaired) electrons. The Kier molecular flexibility index (Phi) is 5.70. The zero-order chi connectivity index (χ0) is 23.0. The highest BCUT2D eigenvalue weighted by atomic mass is 19.4. The lowest BCUT2D eigenvalue weighted by molar-refractivity contribution is -0.137. The van der Waals surface area contributed by atoms with Gasteiger partial charge in [0.1, 0.15) is 12.4 Å². The van der Waals surface area contributed by atoms with Crippen molar-refractivity contribution in [3.8, 4) is 0 Å². The molecule has 0 N–H and O–H groups in total. The van der Waals surface area contributed by atoms with Gasteiger partial charge in [0.25, 0.3) is 5.91 Å². The topological polar surface area (TPSA) is 66.0 Å². The first-order valence-corrected chi connectivity index (χ1v) is 10.3. The molecule has 4 rings (SSSR count). The third kappa shape index (κ3) is 4.21. The fourth-order valence-electron chi connectivity index (χ4n) is 3.97. The van der Waals surface area contributed by atoms with Crippen molar-refractivity contribution < 1.29 is 27.5 Å². The maximum atomic E-state index is 13.4. The number of hydrogen-bond acceptors (Lipinski definition) is 5. The molecule has 0 saturated carbocycles. The maximum absolute atomic E-state index is 13.4. The standard InChI is InChI=1S/C22H23F3N4O3/c1-14-11-18(22(23,24)25)19(26-12-14)27-7-9-28(10-8-27)20(30)16-3-5-17(6-4-16)29-15(2)13-32-21(29)31/h3-6,11-12,15H,7-10,13H2,1-2H3/t15-/m1/s1. The first-order chi connectivity index (χ1) is 15.1. The summed E-state index contributed by atoms with van der Waals surface area (Å²) in [6.45, 7) is 4.82. The molecule has 0 unspecified atom stereocenters. The van der Waals surface area contributed by atoms with Crippen LogP contribution in [0.2, 0.25) is 0 Å². The van der Waals surface area contributed by atoms with E-state index in [1.165, 1.54) is 11.1 Å². The van der Waals surface area contributed by atoms with Crippen molar-refractivity contribution in [3.05, 3.63) is 53.2 Å². The van der Waals surface area contributed by atoms with Gasteiger partial charge in [0.05, 0.1) is 11.6 Å². The number of piperazine rings is 1. The number of halogens is 3. The molecule has 170 valence electrons. The summed E-state index contributed by atoms with van der Waals surface area (Å²) < 4.78 is 45.3. The lowest BCUT2D eigenvalue weighted by Crippen LogP contribution is -2.49. The second-order valence-corrected chi connectivity index (χ2v) is 8.00. The van der Waals surface area contributed by atoms with Crippen LogP contribution in [0.5, 0.6) is 0 Å². The van der Waals surface area contributed by atoms with E-state index >= 15 is 0 Å². The van der Waals surface area contributed by atoms with E-state index < -0.39 is 17.8 Å². The van der Waals surface area contributed by atoms with Crippen molar-refractivity contribution in [1.29, 1.82) is 0 Å². The Balaban J connectivity index is 1.43. The molecule has 0 bridgehead atoms. The van der Waals surface area contributed by atoms with Gasteiger partial charge in [-0.05, 0) is 49.7 Å². The second kappa shape index (κ2) is 8.33. The van der Waals surface area contributed by atoms with Crippen LogP contribution in [0.15, 0.2) is 36.5 Å². The SMILES string of the molecule is Cc1cnc(N2CCN(C(=O)c3ccc(N4C(=O)OC[C@H]4C)cc3)CC2)c(C(F)(F)F)c1. The number of nitrogens with zero attached hydrogens (tertiary/aromatic N) is 4. The van der Waals surface area contributed by atoms with Gasteiger partial charge < -0.3 is 14.5 Å². The predicted molar refractivity (Wildman–Crippen MR) is 112 cm³/mol. The molecule has 1 atom stereocenters. The summed E-state index contributed by atoms with van der Waals surface area (Å²) >= 11 is 0. The van der Waals surface area contributed by atoms with Crippen molar-refractivity contribution in [2.45, 2.75) is 26.1 Å². The van der Waals surface area contributed by atoms with Gasteiger partial charge in [-0.3, -0.25) is 9.69 Å². The molecular formula is C22H23F3N4O3. The van der Waals surface area contributed by atoms with Crippen molar-refractivity contribution in [1.82, 2.24) is 9.88 Å². The number of carbonyl (C=O) groups excluding carboxylic acids is 2. The Bertz CT molecular complexity index is 1020. The van der Waals surface area contributed by atoms with Crippen molar-refractivity contribution >= 4 is 23.5 Å². The van der Waals surface area contributed by atoms with Crippen LogP contribution in [0.3, 0.4) is 0 Å². The third-order valence-electron chi connectivity index (χ3n) is 5.65. The Hall–Kier alpha value is -3.30. The summed E-state index contributed by atoms with van der Waals surface area (Å²) in [5, 5.41) is 0. The number of aromatic nitrogens is 1. The van der Waals surface area contributed by atoms with Crippen LogP contribution in [0.1, 0.15) is 28.4 Å². The minimum Gasteiger partial charge on any atom is -0.447 e. The Morgan fingerprint density at radius 1 is 1.12 bits per heavy atom. The van der Waals surface area contributed by atoms with Crippen molar-refractivity contribution in [2.24, 2.45) is 0 Å². The van der Waals surface area contributed by atoms with Crippen molar-refractivity contribution in [3.63, 3.8) is 0 Å². The number of amides is 2. The quantitative estimate of drug-likeness (QED) is 0.716. The zero-order valence-electron chi connectivity index (χ0n) is 17.7. The number of benzene rings is 1. The van der Waals surface area contributed by atoms with Crippen LogP contribution >= 0.6 is 0 Å². The minimum absolute atomic E-state index is 0.0888. The summed E-state index contributed by atoms with van der Waals surface area (Å²) in [6, 6.07) is 7.68. The molecule has 0 spiro atoms. The average molecular weight is 448 g/mol. The van der Waals surface area contributed by atoms with E-state index in [-0.39, 0.29) is 43.9 Å². The largest absolute Gasteiger partial charge is 0.447 e. The molecule has 3 heterocycles. The number of hydrogen-bond donors (Lipinski definition) is 0. The highest BCUT2D eigenvalue weighted by molar-refractivity contribution is 5.96. The van der Waals surface area contributed by atoms with E-state index in [4.69, 9.17) is 4.74 Å². The van der Waals surface area contributed by atoms with Crippen LogP contribution < -0.4 is 9.80 Å². The predicted octanol–water partition coefficient (Wildman–Crippen LogP) is 3.72. The van der Waals surface area contributed by atoms with Gasteiger partial charge >= 0.3 is 12.3 Å². The van der Waals surface area contributed by atoms with E-state index in [9.17, 15) is 22.8 Å². The number of pyridine rings is 1. The molecule has 2 aliphatic rings. The number of ether oxygens (including phenoxy) is 1. The number of aryl methyl sites for hydroxylation is 1. The number of carbonyl (C=O) groups is 2. The van der Waals surface area contributed by atoms with E-state index in [1.54, 1.807) is 41.0 Å². The van der Waals surface area contributed by atoms with Gasteiger partial charge in [-0.2, -0.15) is 13.2 Å². The van der Waals surface area contributed by atoms with E-state index in [0.29, 0.717) is 23.4 Å². The monoisotopic (exact) mass is 448 g/mol. The van der Waals surface area contributed by atoms with Gasteiger partial charge in [-0.1, -0.05) is 0 Å². The van der Waals surface area contributed by atoms with Crippen LogP contribution in [0.4, 0.5) is 29.5 Å². The summed E-state index contributed by atoms with van der Waals surface area (Å²) in [4.78, 5) is 33.5. The molecular weight excluding hydrogens is 425 g/mol. The highest BCUT2D eigenvalue weighted by Crippen LogP contribution is 2.36. The Labute approximate surface area is 183 Å². The van der Waals surface area contributed by atoms with Crippen LogP contribution in [0.25, 0.3) is 0 Å². The Morgan fingerprint density at radius 2 is 1.78 bits per heavy atom. The van der Waals surface area contributed by atoms with Crippen molar-refractivity contribution in [2.75, 3.05) is 42.6 Å². The van der Waals surface area contributed by atoms with Gasteiger partial charge in [0.2, 0.25) is 0 Å². The second-order valence-electron chi connectivity index (χ2n) is 8.00. The van der Waals surface area contributed by atoms with E-state index in [2.05, 4.69) is 4.98 Å². The van der Waals surface area contributed by atoms with Gasteiger partial charge in [0, 0.05) is 43.6 Å². The number of cyclic esters (lactones) is 1. The third-order valence-corrected chi connectivity index (χ3v) is 5.65. The molecule has 1 aromatic heterocycles. The van der Waals surface area contributed by atoms with E-state index in [1.807, 2.05) is 6.92 Å². The smallest absolute Gasteiger partial charge is 0.419 e. The lowest BCUT2D eigenvalue weighted by Gasteiger charge is -2.36. The van der Waals surface area contributed by atoms with Crippen LogP contribution in [-0.4, -0.2) is 60.7 Å². The summed E-state index contributed by atoms with van der Waals surface area (Å²) in [5.74, 6) is -0.313. The molecule has 10 heteroatoms. The molecule has 2 amide bonds. The lowest BCUT2D eigenvalue weighted by atomic mass is 10.1. The number of rotatable bonds is 3. The van der Waals surface area contributed by atoms with Gasteiger partial charge in [0.15, 0.2) is 0 Å². The molecule has 2 fully saturated rings. The zero-order valence-corrected chi connectivity index (χ0v) is 17.7. The fraction of sp³-hybridized carbons (Fsp3) is 0.409. The molecule has 1 aromatic carbocycles. The normalized spacial score (nSPS) is 19.3. The molecule has 0 aliphatic carbocycles. The van der Waals surface area contributed by atoms with E-state index in [0.717, 1.165) is 6.07 Å². The molecule has 2 saturated heterocycles. The summed E-state index contributed by atoms with van der Waals surface area (Å²) in [5.41, 5.74) is 0.774. The minimum atomic E-state index is -4.50. The first-order valence-electron chi connectivity index (χ1n) is 10.3. The Morgan fingerprint density at radius 3 is 2.34 bits per heavy atom. The van der Waals surface area contributed by atoms with Crippen LogP contribution in [-0.2, 0) is 10.9 Å². The number of anilines is 2. The van der Waals surface area contributed by atoms with Gasteiger partial charge in [-0.15, -0.1) is 0 Å². The van der Waals surface area contributed by atoms with Crippen LogP contribution in [0, 0.1) is 6.92 Å². The number of alkyl halides is 3. The maximum Gasteiger partial charge on any atom is 0.419 e. The molecule has 2 aliphatic heterocycles. The highest BCUT2D eigenvalue weighted by Gasteiger charge is 2.37. The molecule has 2 aromatic rings. The molecule has 32 heavy (non-hydrogen) atoms.